The molecule has 1 aromatic rings. The summed E-state index contributed by atoms with van der Waals surface area (Å²) in [7, 11) is 1.82. The maximum absolute atomic E-state index is 12.4. The van der Waals surface area contributed by atoms with Crippen LogP contribution in [0.2, 0.25) is 0 Å². The number of rotatable bonds is 4. The van der Waals surface area contributed by atoms with E-state index in [9.17, 15) is 4.79 Å². The molecule has 1 aliphatic carbocycles. The summed E-state index contributed by atoms with van der Waals surface area (Å²) in [6, 6.07) is -0.211. The van der Waals surface area contributed by atoms with Crippen LogP contribution in [-0.4, -0.2) is 26.7 Å². The Kier molecular flexibility index (Phi) is 4.75. The van der Waals surface area contributed by atoms with Crippen molar-refractivity contribution < 1.29 is 4.79 Å². The topological polar surface area (TPSA) is 72.9 Å². The molecule has 5 nitrogen and oxygen atoms in total. The van der Waals surface area contributed by atoms with Gasteiger partial charge in [-0.15, -0.1) is 0 Å². The minimum atomic E-state index is -0.211. The van der Waals surface area contributed by atoms with E-state index in [4.69, 9.17) is 18.0 Å². The van der Waals surface area contributed by atoms with Crippen LogP contribution in [0.1, 0.15) is 48.2 Å². The van der Waals surface area contributed by atoms with Crippen LogP contribution >= 0.6 is 12.2 Å². The summed E-state index contributed by atoms with van der Waals surface area (Å²) in [4.78, 5) is 12.7. The predicted octanol–water partition coefficient (Wildman–Crippen LogP) is 1.69. The molecule has 1 aliphatic rings. The van der Waals surface area contributed by atoms with Crippen molar-refractivity contribution in [2.45, 2.75) is 45.1 Å². The maximum atomic E-state index is 12.4. The molecule has 1 fully saturated rings. The predicted molar refractivity (Wildman–Crippen MR) is 82.6 cm³/mol. The Morgan fingerprint density at radius 3 is 2.65 bits per heavy atom. The van der Waals surface area contributed by atoms with Crippen LogP contribution in [0.5, 0.6) is 0 Å². The molecule has 110 valence electrons. The van der Waals surface area contributed by atoms with E-state index in [1.54, 1.807) is 10.9 Å². The number of hydrogen-bond acceptors (Lipinski definition) is 3. The van der Waals surface area contributed by atoms with Gasteiger partial charge >= 0.3 is 0 Å². The maximum Gasteiger partial charge on any atom is 0.255 e. The Bertz CT molecular complexity index is 505. The van der Waals surface area contributed by atoms with Gasteiger partial charge in [0.05, 0.1) is 22.8 Å². The van der Waals surface area contributed by atoms with Crippen LogP contribution in [0, 0.1) is 12.8 Å². The number of nitrogens with two attached hydrogens (primary N) is 1. The zero-order valence-electron chi connectivity index (χ0n) is 12.1. The Labute approximate surface area is 124 Å². The van der Waals surface area contributed by atoms with Crippen molar-refractivity contribution in [3.8, 4) is 0 Å². The fraction of sp³-hybridized carbons (Fsp3) is 0.643. The molecular formula is C14H22N4OS. The van der Waals surface area contributed by atoms with Gasteiger partial charge in [-0.25, -0.2) is 0 Å². The normalized spacial score (nSPS) is 17.7. The first-order chi connectivity index (χ1) is 9.50. The molecule has 0 radical (unpaired) electrons. The van der Waals surface area contributed by atoms with E-state index in [2.05, 4.69) is 10.4 Å². The molecule has 1 amide bonds. The third kappa shape index (κ3) is 3.17. The smallest absolute Gasteiger partial charge is 0.255 e. The summed E-state index contributed by atoms with van der Waals surface area (Å²) in [6.07, 6.45) is 7.37. The van der Waals surface area contributed by atoms with Crippen molar-refractivity contribution in [1.82, 2.24) is 15.1 Å². The lowest BCUT2D eigenvalue weighted by atomic mass is 9.83. The SMILES string of the molecule is Cc1c(C(=O)NC(C(N)=S)C2CCCCC2)cnn1C. The molecule has 0 aromatic carbocycles. The van der Waals surface area contributed by atoms with Crippen molar-refractivity contribution >= 4 is 23.1 Å². The van der Waals surface area contributed by atoms with Crippen LogP contribution < -0.4 is 11.1 Å². The molecule has 0 saturated heterocycles. The second-order valence-electron chi connectivity index (χ2n) is 5.52. The average Bonchev–Trinajstić information content (AvgIpc) is 2.77. The highest BCUT2D eigenvalue weighted by Crippen LogP contribution is 2.27. The molecule has 1 atom stereocenters. The lowest BCUT2D eigenvalue weighted by Gasteiger charge is -2.30. The van der Waals surface area contributed by atoms with Crippen LogP contribution in [0.25, 0.3) is 0 Å². The van der Waals surface area contributed by atoms with Gasteiger partial charge in [0.1, 0.15) is 0 Å². The first-order valence-electron chi connectivity index (χ1n) is 7.09. The highest BCUT2D eigenvalue weighted by molar-refractivity contribution is 7.80. The lowest BCUT2D eigenvalue weighted by Crippen LogP contribution is -2.48. The number of amides is 1. The standard InChI is InChI=1S/C14H22N4OS/c1-9-11(8-16-18(9)2)14(19)17-12(13(15)20)10-6-4-3-5-7-10/h8,10,12H,3-7H2,1-2H3,(H2,15,20)(H,17,19). The molecule has 20 heavy (non-hydrogen) atoms. The van der Waals surface area contributed by atoms with Crippen LogP contribution in [0.15, 0.2) is 6.20 Å². The number of aryl methyl sites for hydroxylation is 1. The summed E-state index contributed by atoms with van der Waals surface area (Å²) in [6.45, 7) is 1.87. The fourth-order valence-corrected chi connectivity index (χ4v) is 3.08. The number of hydrogen-bond donors (Lipinski definition) is 2. The summed E-state index contributed by atoms with van der Waals surface area (Å²) in [5.41, 5.74) is 7.26. The van der Waals surface area contributed by atoms with Gasteiger partial charge in [0.2, 0.25) is 0 Å². The number of nitrogens with zero attached hydrogens (tertiary/aromatic N) is 2. The quantitative estimate of drug-likeness (QED) is 0.829. The molecule has 6 heteroatoms. The lowest BCUT2D eigenvalue weighted by molar-refractivity contribution is 0.0931. The summed E-state index contributed by atoms with van der Waals surface area (Å²) >= 11 is 5.15. The zero-order valence-corrected chi connectivity index (χ0v) is 12.9. The van der Waals surface area contributed by atoms with E-state index in [1.165, 1.54) is 19.3 Å². The Balaban J connectivity index is 2.09. The molecular weight excluding hydrogens is 272 g/mol. The van der Waals surface area contributed by atoms with Gasteiger partial charge in [-0.2, -0.15) is 5.10 Å². The first-order valence-corrected chi connectivity index (χ1v) is 7.50. The number of nitrogens with one attached hydrogen (secondary N) is 1. The Morgan fingerprint density at radius 1 is 1.50 bits per heavy atom. The average molecular weight is 294 g/mol. The molecule has 1 unspecified atom stereocenters. The monoisotopic (exact) mass is 294 g/mol. The van der Waals surface area contributed by atoms with E-state index in [0.717, 1.165) is 18.5 Å². The molecule has 2 rings (SSSR count). The van der Waals surface area contributed by atoms with Gasteiger partial charge in [0.15, 0.2) is 0 Å². The van der Waals surface area contributed by atoms with Crippen LogP contribution in [-0.2, 0) is 7.05 Å². The highest BCUT2D eigenvalue weighted by Gasteiger charge is 2.28. The Morgan fingerprint density at radius 2 is 2.15 bits per heavy atom. The number of carbonyl (C=O) groups excluding carboxylic acids is 1. The molecule has 1 saturated carbocycles. The van der Waals surface area contributed by atoms with E-state index >= 15 is 0 Å². The van der Waals surface area contributed by atoms with Gasteiger partial charge in [0.25, 0.3) is 5.91 Å². The molecule has 1 aromatic heterocycles. The van der Waals surface area contributed by atoms with Crippen molar-refractivity contribution in [2.75, 3.05) is 0 Å². The van der Waals surface area contributed by atoms with E-state index in [-0.39, 0.29) is 11.9 Å². The minimum Gasteiger partial charge on any atom is -0.392 e. The van der Waals surface area contributed by atoms with Crippen molar-refractivity contribution in [2.24, 2.45) is 18.7 Å². The second-order valence-corrected chi connectivity index (χ2v) is 5.99. The second kappa shape index (κ2) is 6.35. The highest BCUT2D eigenvalue weighted by atomic mass is 32.1. The van der Waals surface area contributed by atoms with Crippen molar-refractivity contribution in [1.29, 1.82) is 0 Å². The molecule has 0 bridgehead atoms. The summed E-state index contributed by atoms with van der Waals surface area (Å²) in [5, 5.41) is 7.09. The Hall–Kier alpha value is -1.43. The molecule has 0 spiro atoms. The fourth-order valence-electron chi connectivity index (χ4n) is 2.83. The van der Waals surface area contributed by atoms with Gasteiger partial charge < -0.3 is 11.1 Å². The van der Waals surface area contributed by atoms with E-state index in [1.807, 2.05) is 14.0 Å². The van der Waals surface area contributed by atoms with Gasteiger partial charge in [-0.3, -0.25) is 9.48 Å². The number of carbonyl (C=O) groups is 1. The van der Waals surface area contributed by atoms with Crippen LogP contribution in [0.3, 0.4) is 0 Å². The van der Waals surface area contributed by atoms with Gasteiger partial charge in [-0.05, 0) is 25.7 Å². The number of aromatic nitrogens is 2. The third-order valence-electron chi connectivity index (χ3n) is 4.19. The number of thiocarbonyl (C=S) groups is 1. The molecule has 3 N–H and O–H groups in total. The minimum absolute atomic E-state index is 0.140. The van der Waals surface area contributed by atoms with Crippen LogP contribution in [0.4, 0.5) is 0 Å². The molecule has 1 heterocycles. The zero-order chi connectivity index (χ0) is 14.7. The largest absolute Gasteiger partial charge is 0.392 e. The van der Waals surface area contributed by atoms with Gasteiger partial charge in [-0.1, -0.05) is 31.5 Å². The summed E-state index contributed by atoms with van der Waals surface area (Å²) < 4.78 is 1.69. The summed E-state index contributed by atoms with van der Waals surface area (Å²) in [5.74, 6) is 0.223. The van der Waals surface area contributed by atoms with E-state index in [0.29, 0.717) is 16.5 Å². The first kappa shape index (κ1) is 15.0. The van der Waals surface area contributed by atoms with E-state index < -0.39 is 0 Å². The van der Waals surface area contributed by atoms with Crippen molar-refractivity contribution in [3.63, 3.8) is 0 Å². The third-order valence-corrected chi connectivity index (χ3v) is 4.45. The van der Waals surface area contributed by atoms with Gasteiger partial charge in [0, 0.05) is 12.7 Å². The molecule has 0 aliphatic heterocycles. The van der Waals surface area contributed by atoms with Crippen molar-refractivity contribution in [3.05, 3.63) is 17.5 Å².